The van der Waals surface area contributed by atoms with Gasteiger partial charge in [0, 0.05) is 16.1 Å². The largest absolute Gasteiger partial charge is 0.314 e. The highest BCUT2D eigenvalue weighted by Crippen LogP contribution is 2.34. The predicted molar refractivity (Wildman–Crippen MR) is 75.1 cm³/mol. The van der Waals surface area contributed by atoms with E-state index in [9.17, 15) is 0 Å². The summed E-state index contributed by atoms with van der Waals surface area (Å²) >= 11 is 12.3. The van der Waals surface area contributed by atoms with Gasteiger partial charge < -0.3 is 5.32 Å². The molecule has 0 saturated heterocycles. The first kappa shape index (κ1) is 13.2. The van der Waals surface area contributed by atoms with Crippen molar-refractivity contribution < 1.29 is 0 Å². The first-order valence-corrected chi connectivity index (χ1v) is 6.93. The van der Waals surface area contributed by atoms with E-state index in [1.165, 1.54) is 12.8 Å². The molecule has 0 unspecified atom stereocenters. The highest BCUT2D eigenvalue weighted by molar-refractivity contribution is 6.33. The van der Waals surface area contributed by atoms with Gasteiger partial charge in [-0.05, 0) is 55.0 Å². The monoisotopic (exact) mass is 271 g/mol. The topological polar surface area (TPSA) is 12.0 Å². The second kappa shape index (κ2) is 5.17. The summed E-state index contributed by atoms with van der Waals surface area (Å²) in [6.07, 6.45) is 3.74. The Kier molecular flexibility index (Phi) is 4.02. The fraction of sp³-hybridized carbons (Fsp3) is 0.571. The summed E-state index contributed by atoms with van der Waals surface area (Å²) in [7, 11) is 0. The zero-order valence-corrected chi connectivity index (χ0v) is 11.9. The number of benzene rings is 1. The molecule has 0 aliphatic heterocycles. The molecule has 1 aromatic rings. The molecular formula is C14H19Cl2N. The highest BCUT2D eigenvalue weighted by Gasteiger charge is 2.25. The summed E-state index contributed by atoms with van der Waals surface area (Å²) in [4.78, 5) is 0. The number of halogens is 2. The molecule has 1 aliphatic rings. The van der Waals surface area contributed by atoms with Crippen molar-refractivity contribution in [2.45, 2.75) is 44.6 Å². The van der Waals surface area contributed by atoms with E-state index in [0.717, 1.165) is 34.6 Å². The van der Waals surface area contributed by atoms with Gasteiger partial charge in [0.1, 0.15) is 0 Å². The molecule has 0 amide bonds. The van der Waals surface area contributed by atoms with Crippen molar-refractivity contribution in [2.75, 3.05) is 6.54 Å². The molecule has 1 saturated carbocycles. The van der Waals surface area contributed by atoms with Gasteiger partial charge in [0.25, 0.3) is 0 Å². The number of nitrogens with one attached hydrogen (secondary N) is 1. The Balaban J connectivity index is 2.03. The first-order valence-electron chi connectivity index (χ1n) is 6.18. The lowest BCUT2D eigenvalue weighted by molar-refractivity contribution is 0.456. The quantitative estimate of drug-likeness (QED) is 0.837. The van der Waals surface area contributed by atoms with E-state index in [0.29, 0.717) is 0 Å². The molecule has 1 aliphatic carbocycles. The third kappa shape index (κ3) is 3.61. The van der Waals surface area contributed by atoms with Gasteiger partial charge in [-0.1, -0.05) is 37.0 Å². The summed E-state index contributed by atoms with van der Waals surface area (Å²) in [5.41, 5.74) is 1.20. The zero-order valence-electron chi connectivity index (χ0n) is 10.4. The van der Waals surface area contributed by atoms with Crippen LogP contribution in [0, 0.1) is 0 Å². The summed E-state index contributed by atoms with van der Waals surface area (Å²) in [6.45, 7) is 5.48. The number of hydrogen-bond donors (Lipinski definition) is 1. The average Bonchev–Trinajstić information content (AvgIpc) is 3.05. The van der Waals surface area contributed by atoms with E-state index in [-0.39, 0.29) is 5.41 Å². The van der Waals surface area contributed by atoms with Crippen LogP contribution in [-0.2, 0) is 5.41 Å². The van der Waals surface area contributed by atoms with Crippen molar-refractivity contribution in [2.24, 2.45) is 0 Å². The number of rotatable bonds is 5. The molecule has 1 N–H and O–H groups in total. The maximum absolute atomic E-state index is 6.26. The van der Waals surface area contributed by atoms with Crippen molar-refractivity contribution in [1.82, 2.24) is 5.32 Å². The van der Waals surface area contributed by atoms with Crippen LogP contribution in [0.15, 0.2) is 18.2 Å². The second-order valence-corrected chi connectivity index (χ2v) is 6.33. The third-order valence-corrected chi connectivity index (χ3v) is 3.98. The summed E-state index contributed by atoms with van der Waals surface area (Å²) in [5.74, 6) is 0. The van der Waals surface area contributed by atoms with E-state index in [1.54, 1.807) is 0 Å². The Morgan fingerprint density at radius 3 is 2.65 bits per heavy atom. The molecule has 2 rings (SSSR count). The fourth-order valence-electron chi connectivity index (χ4n) is 2.03. The summed E-state index contributed by atoms with van der Waals surface area (Å²) < 4.78 is 0. The maximum Gasteiger partial charge on any atom is 0.0444 e. The van der Waals surface area contributed by atoms with Gasteiger partial charge in [-0.25, -0.2) is 0 Å². The van der Waals surface area contributed by atoms with Gasteiger partial charge in [0.05, 0.1) is 0 Å². The molecule has 94 valence electrons. The first-order chi connectivity index (χ1) is 7.99. The van der Waals surface area contributed by atoms with E-state index in [4.69, 9.17) is 23.2 Å². The smallest absolute Gasteiger partial charge is 0.0444 e. The van der Waals surface area contributed by atoms with E-state index in [1.807, 2.05) is 18.2 Å². The molecule has 0 aromatic heterocycles. The minimum atomic E-state index is 0.0594. The van der Waals surface area contributed by atoms with Crippen LogP contribution in [0.1, 0.15) is 38.7 Å². The van der Waals surface area contributed by atoms with E-state index >= 15 is 0 Å². The molecular weight excluding hydrogens is 253 g/mol. The van der Waals surface area contributed by atoms with Crippen LogP contribution in [0.2, 0.25) is 10.0 Å². The lowest BCUT2D eigenvalue weighted by Gasteiger charge is -2.26. The molecule has 0 radical (unpaired) electrons. The van der Waals surface area contributed by atoms with Crippen LogP contribution in [0.25, 0.3) is 0 Å². The molecule has 1 fully saturated rings. The molecule has 0 bridgehead atoms. The Bertz CT molecular complexity index is 397. The Morgan fingerprint density at radius 1 is 1.29 bits per heavy atom. The van der Waals surface area contributed by atoms with Crippen LogP contribution in [0.5, 0.6) is 0 Å². The van der Waals surface area contributed by atoms with Crippen LogP contribution >= 0.6 is 23.2 Å². The molecule has 3 heteroatoms. The summed E-state index contributed by atoms with van der Waals surface area (Å²) in [6, 6.07) is 6.48. The Hall–Kier alpha value is -0.240. The highest BCUT2D eigenvalue weighted by atomic mass is 35.5. The van der Waals surface area contributed by atoms with Gasteiger partial charge >= 0.3 is 0 Å². The van der Waals surface area contributed by atoms with Gasteiger partial charge in [0.2, 0.25) is 0 Å². The van der Waals surface area contributed by atoms with E-state index < -0.39 is 0 Å². The lowest BCUT2D eigenvalue weighted by atomic mass is 9.81. The zero-order chi connectivity index (χ0) is 12.5. The fourth-order valence-corrected chi connectivity index (χ4v) is 2.57. The third-order valence-electron chi connectivity index (χ3n) is 3.42. The molecule has 17 heavy (non-hydrogen) atoms. The normalized spacial score (nSPS) is 16.2. The Labute approximate surface area is 114 Å². The van der Waals surface area contributed by atoms with Gasteiger partial charge in [-0.2, -0.15) is 0 Å². The second-order valence-electron chi connectivity index (χ2n) is 5.49. The molecule has 1 nitrogen and oxygen atoms in total. The van der Waals surface area contributed by atoms with E-state index in [2.05, 4.69) is 19.2 Å². The molecule has 0 spiro atoms. The van der Waals surface area contributed by atoms with Crippen LogP contribution in [-0.4, -0.2) is 12.6 Å². The van der Waals surface area contributed by atoms with Crippen molar-refractivity contribution in [3.8, 4) is 0 Å². The number of hydrogen-bond acceptors (Lipinski definition) is 1. The molecule has 1 aromatic carbocycles. The van der Waals surface area contributed by atoms with Crippen LogP contribution in [0.4, 0.5) is 0 Å². The van der Waals surface area contributed by atoms with Crippen molar-refractivity contribution in [1.29, 1.82) is 0 Å². The molecule has 0 atom stereocenters. The average molecular weight is 272 g/mol. The molecule has 0 heterocycles. The summed E-state index contributed by atoms with van der Waals surface area (Å²) in [5, 5.41) is 5.11. The van der Waals surface area contributed by atoms with Gasteiger partial charge in [0.15, 0.2) is 0 Å². The minimum Gasteiger partial charge on any atom is -0.314 e. The SMILES string of the molecule is CC(C)(CCNC1CC1)c1cc(Cl)ccc1Cl. The van der Waals surface area contributed by atoms with Crippen LogP contribution < -0.4 is 5.32 Å². The predicted octanol–water partition coefficient (Wildman–Crippen LogP) is 4.41. The van der Waals surface area contributed by atoms with Crippen molar-refractivity contribution in [3.05, 3.63) is 33.8 Å². The maximum atomic E-state index is 6.26. The Morgan fingerprint density at radius 2 is 2.00 bits per heavy atom. The van der Waals surface area contributed by atoms with Gasteiger partial charge in [-0.3, -0.25) is 0 Å². The lowest BCUT2D eigenvalue weighted by Crippen LogP contribution is -2.26. The van der Waals surface area contributed by atoms with Crippen molar-refractivity contribution >= 4 is 23.2 Å². The van der Waals surface area contributed by atoms with Gasteiger partial charge in [-0.15, -0.1) is 0 Å². The minimum absolute atomic E-state index is 0.0594. The van der Waals surface area contributed by atoms with Crippen molar-refractivity contribution in [3.63, 3.8) is 0 Å². The standard InChI is InChI=1S/C14H19Cl2N/c1-14(2,7-8-17-11-4-5-11)12-9-10(15)3-6-13(12)16/h3,6,9,11,17H,4-5,7-8H2,1-2H3. The van der Waals surface area contributed by atoms with Crippen LogP contribution in [0.3, 0.4) is 0 Å².